The SMILES string of the molecule is Cc1cc(C)c(O)c(C2NNC3C(=O)N(CCCO)C(c4ccccc4F)C32)c1. The number of carbonyl (C=O) groups is 1. The number of hydrogen-bond acceptors (Lipinski definition) is 5. The van der Waals surface area contributed by atoms with Gasteiger partial charge in [-0.15, -0.1) is 0 Å². The maximum absolute atomic E-state index is 14.8. The summed E-state index contributed by atoms with van der Waals surface area (Å²) in [4.78, 5) is 14.8. The first-order valence-corrected chi connectivity index (χ1v) is 9.91. The van der Waals surface area contributed by atoms with Crippen LogP contribution < -0.4 is 10.9 Å². The zero-order chi connectivity index (χ0) is 20.7. The minimum atomic E-state index is -0.538. The average Bonchev–Trinajstić information content (AvgIpc) is 3.23. The molecule has 4 rings (SSSR count). The van der Waals surface area contributed by atoms with Gasteiger partial charge in [-0.05, 0) is 31.9 Å². The van der Waals surface area contributed by atoms with Gasteiger partial charge in [-0.2, -0.15) is 0 Å². The molecule has 4 atom stereocenters. The van der Waals surface area contributed by atoms with Crippen LogP contribution in [-0.4, -0.2) is 40.2 Å². The van der Waals surface area contributed by atoms with E-state index >= 15 is 0 Å². The Morgan fingerprint density at radius 3 is 2.55 bits per heavy atom. The summed E-state index contributed by atoms with van der Waals surface area (Å²) >= 11 is 0. The predicted molar refractivity (Wildman–Crippen MR) is 106 cm³/mol. The monoisotopic (exact) mass is 399 g/mol. The Bertz CT molecular complexity index is 936. The molecule has 4 unspecified atom stereocenters. The lowest BCUT2D eigenvalue weighted by molar-refractivity contribution is -0.130. The fourth-order valence-corrected chi connectivity index (χ4v) is 4.77. The summed E-state index contributed by atoms with van der Waals surface area (Å²) in [5.41, 5.74) is 9.15. The number of aromatic hydroxyl groups is 1. The van der Waals surface area contributed by atoms with Crippen LogP contribution in [0.2, 0.25) is 0 Å². The quantitative estimate of drug-likeness (QED) is 0.620. The molecule has 0 saturated carbocycles. The molecular formula is C22H26FN3O3. The largest absolute Gasteiger partial charge is 0.507 e. The third-order valence-electron chi connectivity index (χ3n) is 6.00. The predicted octanol–water partition coefficient (Wildman–Crippen LogP) is 2.25. The van der Waals surface area contributed by atoms with Gasteiger partial charge in [0.15, 0.2) is 0 Å². The summed E-state index contributed by atoms with van der Waals surface area (Å²) < 4.78 is 14.8. The lowest BCUT2D eigenvalue weighted by Crippen LogP contribution is -2.42. The molecule has 1 amide bonds. The van der Waals surface area contributed by atoms with Crippen molar-refractivity contribution in [1.29, 1.82) is 0 Å². The second-order valence-electron chi connectivity index (χ2n) is 7.92. The fraction of sp³-hybridized carbons (Fsp3) is 0.409. The number of nitrogens with one attached hydrogen (secondary N) is 2. The molecule has 2 aliphatic heterocycles. The summed E-state index contributed by atoms with van der Waals surface area (Å²) in [7, 11) is 0. The number of aliphatic hydroxyl groups excluding tert-OH is 1. The topological polar surface area (TPSA) is 84.8 Å². The highest BCUT2D eigenvalue weighted by Crippen LogP contribution is 2.49. The van der Waals surface area contributed by atoms with Crippen molar-refractivity contribution in [3.8, 4) is 5.75 Å². The smallest absolute Gasteiger partial charge is 0.242 e. The van der Waals surface area contributed by atoms with Crippen molar-refractivity contribution in [2.75, 3.05) is 13.2 Å². The number of amides is 1. The van der Waals surface area contributed by atoms with E-state index < -0.39 is 12.1 Å². The Balaban J connectivity index is 1.81. The van der Waals surface area contributed by atoms with Crippen LogP contribution >= 0.6 is 0 Å². The van der Waals surface area contributed by atoms with E-state index in [1.165, 1.54) is 6.07 Å². The summed E-state index contributed by atoms with van der Waals surface area (Å²) in [6, 6.07) is 8.89. The summed E-state index contributed by atoms with van der Waals surface area (Å²) in [6.45, 7) is 4.09. The molecule has 0 radical (unpaired) electrons. The highest BCUT2D eigenvalue weighted by molar-refractivity contribution is 5.86. The second kappa shape index (κ2) is 7.74. The number of likely N-dealkylation sites (tertiary alicyclic amines) is 1. The van der Waals surface area contributed by atoms with Crippen LogP contribution in [0.3, 0.4) is 0 Å². The molecule has 2 fully saturated rings. The minimum absolute atomic E-state index is 0.0456. The number of halogens is 1. The highest BCUT2D eigenvalue weighted by atomic mass is 19.1. The molecule has 2 aliphatic rings. The molecule has 6 nitrogen and oxygen atoms in total. The third-order valence-corrected chi connectivity index (χ3v) is 6.00. The van der Waals surface area contributed by atoms with Gasteiger partial charge in [-0.3, -0.25) is 4.79 Å². The van der Waals surface area contributed by atoms with Crippen LogP contribution in [0, 0.1) is 25.6 Å². The van der Waals surface area contributed by atoms with Crippen molar-refractivity contribution < 1.29 is 19.4 Å². The van der Waals surface area contributed by atoms with Crippen LogP contribution in [0.4, 0.5) is 4.39 Å². The van der Waals surface area contributed by atoms with Gasteiger partial charge in [0.25, 0.3) is 0 Å². The van der Waals surface area contributed by atoms with Crippen molar-refractivity contribution in [3.63, 3.8) is 0 Å². The molecule has 2 heterocycles. The van der Waals surface area contributed by atoms with Crippen molar-refractivity contribution in [2.45, 2.75) is 38.4 Å². The van der Waals surface area contributed by atoms with Gasteiger partial charge in [-0.25, -0.2) is 15.2 Å². The van der Waals surface area contributed by atoms with Crippen molar-refractivity contribution >= 4 is 5.91 Å². The Kier molecular flexibility index (Phi) is 5.29. The molecule has 0 bridgehead atoms. The molecule has 29 heavy (non-hydrogen) atoms. The molecule has 2 aromatic carbocycles. The Hall–Kier alpha value is -2.48. The van der Waals surface area contributed by atoms with E-state index in [4.69, 9.17) is 0 Å². The van der Waals surface area contributed by atoms with Gasteiger partial charge in [0.1, 0.15) is 17.6 Å². The maximum Gasteiger partial charge on any atom is 0.242 e. The zero-order valence-electron chi connectivity index (χ0n) is 16.5. The molecule has 0 aliphatic carbocycles. The van der Waals surface area contributed by atoms with Gasteiger partial charge in [0.2, 0.25) is 5.91 Å². The number of carbonyl (C=O) groups excluding carboxylic acids is 1. The normalized spacial score (nSPS) is 26.2. The first kappa shape index (κ1) is 19.8. The van der Waals surface area contributed by atoms with Crippen LogP contribution in [0.5, 0.6) is 5.75 Å². The van der Waals surface area contributed by atoms with Crippen LogP contribution in [0.25, 0.3) is 0 Å². The molecule has 4 N–H and O–H groups in total. The fourth-order valence-electron chi connectivity index (χ4n) is 4.77. The van der Waals surface area contributed by atoms with Crippen molar-refractivity contribution in [3.05, 3.63) is 64.5 Å². The van der Waals surface area contributed by atoms with E-state index in [0.29, 0.717) is 24.1 Å². The number of aryl methyl sites for hydroxylation is 2. The third kappa shape index (κ3) is 3.29. The standard InChI is InChI=1S/C22H26FN3O3/c1-12-10-13(2)21(28)15(11-12)18-17-19(25-24-18)22(29)26(8-5-9-27)20(17)14-6-3-4-7-16(14)23/h3-4,6-7,10-11,17-20,24-25,27-28H,5,8-9H2,1-2H3. The number of rotatable bonds is 5. The molecule has 0 spiro atoms. The lowest BCUT2D eigenvalue weighted by Gasteiger charge is -2.31. The van der Waals surface area contributed by atoms with E-state index in [1.807, 2.05) is 26.0 Å². The van der Waals surface area contributed by atoms with Gasteiger partial charge in [0.05, 0.1) is 12.1 Å². The number of hydrazine groups is 1. The van der Waals surface area contributed by atoms with E-state index in [9.17, 15) is 19.4 Å². The van der Waals surface area contributed by atoms with Gasteiger partial charge in [0, 0.05) is 30.2 Å². The van der Waals surface area contributed by atoms with Crippen LogP contribution in [0.1, 0.15) is 40.8 Å². The van der Waals surface area contributed by atoms with Gasteiger partial charge in [-0.1, -0.05) is 35.9 Å². The Morgan fingerprint density at radius 1 is 1.10 bits per heavy atom. The number of fused-ring (bicyclic) bond motifs is 1. The van der Waals surface area contributed by atoms with E-state index in [-0.39, 0.29) is 36.0 Å². The van der Waals surface area contributed by atoms with Crippen LogP contribution in [-0.2, 0) is 4.79 Å². The van der Waals surface area contributed by atoms with E-state index in [1.54, 1.807) is 23.1 Å². The van der Waals surface area contributed by atoms with Gasteiger partial charge >= 0.3 is 0 Å². The molecule has 7 heteroatoms. The van der Waals surface area contributed by atoms with E-state index in [0.717, 1.165) is 11.1 Å². The summed E-state index contributed by atoms with van der Waals surface area (Å²) in [5.74, 6) is -0.625. The molecule has 2 saturated heterocycles. The Morgan fingerprint density at radius 2 is 1.83 bits per heavy atom. The van der Waals surface area contributed by atoms with Gasteiger partial charge < -0.3 is 15.1 Å². The average molecular weight is 399 g/mol. The van der Waals surface area contributed by atoms with Crippen LogP contribution in [0.15, 0.2) is 36.4 Å². The lowest BCUT2D eigenvalue weighted by atomic mass is 9.82. The molecule has 2 aromatic rings. The number of nitrogens with zero attached hydrogens (tertiary/aromatic N) is 1. The number of phenolic OH excluding ortho intramolecular Hbond substituents is 1. The number of phenols is 1. The molecule has 154 valence electrons. The molecular weight excluding hydrogens is 373 g/mol. The maximum atomic E-state index is 14.8. The first-order valence-electron chi connectivity index (χ1n) is 9.91. The van der Waals surface area contributed by atoms with E-state index in [2.05, 4.69) is 10.9 Å². The second-order valence-corrected chi connectivity index (χ2v) is 7.92. The highest BCUT2D eigenvalue weighted by Gasteiger charge is 2.56. The summed E-state index contributed by atoms with van der Waals surface area (Å²) in [6.07, 6.45) is 0.420. The van der Waals surface area contributed by atoms with Crippen molar-refractivity contribution in [1.82, 2.24) is 15.8 Å². The first-order chi connectivity index (χ1) is 13.9. The minimum Gasteiger partial charge on any atom is -0.507 e. The Labute approximate surface area is 169 Å². The zero-order valence-corrected chi connectivity index (χ0v) is 16.5. The molecule has 0 aromatic heterocycles. The summed E-state index contributed by atoms with van der Waals surface area (Å²) in [5, 5.41) is 20.0. The van der Waals surface area contributed by atoms with Crippen molar-refractivity contribution in [2.24, 2.45) is 5.92 Å². The number of hydrogen-bond donors (Lipinski definition) is 4. The number of benzene rings is 2. The number of aliphatic hydroxyl groups is 1.